The summed E-state index contributed by atoms with van der Waals surface area (Å²) in [5.74, 6) is -0.741. The molecule has 0 saturated carbocycles. The fourth-order valence-electron chi connectivity index (χ4n) is 2.08. The molecule has 0 aromatic rings. The standard InChI is InChI=1S/C10H16O5/c1-5(11)6-7-8(9(12-4)13-6)15-10(2,3)14-7/h6-9H,1-4H3/t6-,7-,8-,9-/m1/s1. The quantitative estimate of drug-likeness (QED) is 0.671. The van der Waals surface area contributed by atoms with Crippen LogP contribution in [0.5, 0.6) is 0 Å². The lowest BCUT2D eigenvalue weighted by atomic mass is 10.1. The Hall–Kier alpha value is -0.490. The molecular formula is C10H16O5. The number of ether oxygens (including phenoxy) is 4. The van der Waals surface area contributed by atoms with Gasteiger partial charge in [-0.25, -0.2) is 0 Å². The molecule has 2 aliphatic heterocycles. The number of carbonyl (C=O) groups is 1. The molecule has 2 fully saturated rings. The topological polar surface area (TPSA) is 54.0 Å². The van der Waals surface area contributed by atoms with Crippen LogP contribution in [-0.2, 0) is 23.7 Å². The van der Waals surface area contributed by atoms with Crippen molar-refractivity contribution in [2.45, 2.75) is 51.2 Å². The minimum atomic E-state index is -0.677. The van der Waals surface area contributed by atoms with Crippen molar-refractivity contribution in [2.75, 3.05) is 7.11 Å². The summed E-state index contributed by atoms with van der Waals surface area (Å²) in [5, 5.41) is 0. The maximum absolute atomic E-state index is 11.3. The lowest BCUT2D eigenvalue weighted by molar-refractivity contribution is -0.225. The molecule has 0 amide bonds. The third-order valence-electron chi connectivity index (χ3n) is 2.64. The maximum atomic E-state index is 11.3. The van der Waals surface area contributed by atoms with Crippen LogP contribution in [-0.4, -0.2) is 43.3 Å². The van der Waals surface area contributed by atoms with Gasteiger partial charge in [0, 0.05) is 7.11 Å². The first-order valence-electron chi connectivity index (χ1n) is 4.99. The van der Waals surface area contributed by atoms with E-state index < -0.39 is 18.2 Å². The Morgan fingerprint density at radius 1 is 1.27 bits per heavy atom. The number of hydrogen-bond donors (Lipinski definition) is 0. The predicted octanol–water partition coefficient (Wildman–Crippen LogP) is 0.467. The highest BCUT2D eigenvalue weighted by Gasteiger charge is 2.56. The molecule has 0 aromatic carbocycles. The molecular weight excluding hydrogens is 200 g/mol. The number of rotatable bonds is 2. The Morgan fingerprint density at radius 3 is 2.40 bits per heavy atom. The van der Waals surface area contributed by atoms with E-state index in [1.165, 1.54) is 14.0 Å². The third kappa shape index (κ3) is 1.80. The highest BCUT2D eigenvalue weighted by molar-refractivity contribution is 5.81. The summed E-state index contributed by atoms with van der Waals surface area (Å²) in [5.41, 5.74) is 0. The van der Waals surface area contributed by atoms with Gasteiger partial charge in [0.25, 0.3) is 0 Å². The molecule has 0 aliphatic carbocycles. The molecule has 2 rings (SSSR count). The Labute approximate surface area is 88.6 Å². The van der Waals surface area contributed by atoms with E-state index in [1.54, 1.807) is 0 Å². The van der Waals surface area contributed by atoms with Crippen molar-refractivity contribution < 1.29 is 23.7 Å². The van der Waals surface area contributed by atoms with Crippen molar-refractivity contribution >= 4 is 5.78 Å². The van der Waals surface area contributed by atoms with Crippen molar-refractivity contribution in [1.82, 2.24) is 0 Å². The molecule has 15 heavy (non-hydrogen) atoms. The summed E-state index contributed by atoms with van der Waals surface area (Å²) < 4.78 is 21.8. The zero-order valence-corrected chi connectivity index (χ0v) is 9.35. The van der Waals surface area contributed by atoms with Crippen LogP contribution in [0.3, 0.4) is 0 Å². The first kappa shape index (κ1) is 11.0. The van der Waals surface area contributed by atoms with Crippen LogP contribution >= 0.6 is 0 Å². The summed E-state index contributed by atoms with van der Waals surface area (Å²) in [4.78, 5) is 11.3. The summed E-state index contributed by atoms with van der Waals surface area (Å²) in [6.07, 6.45) is -1.78. The third-order valence-corrected chi connectivity index (χ3v) is 2.64. The average Bonchev–Trinajstić information content (AvgIpc) is 2.57. The van der Waals surface area contributed by atoms with E-state index in [9.17, 15) is 4.79 Å². The van der Waals surface area contributed by atoms with E-state index in [1.807, 2.05) is 13.8 Å². The maximum Gasteiger partial charge on any atom is 0.187 e. The average molecular weight is 216 g/mol. The SMILES string of the molecule is CO[C@@H]1O[C@H](C(C)=O)[C@H]2OC(C)(C)O[C@@H]12. The smallest absolute Gasteiger partial charge is 0.187 e. The van der Waals surface area contributed by atoms with E-state index in [0.29, 0.717) is 0 Å². The monoisotopic (exact) mass is 216 g/mol. The number of ketones is 1. The molecule has 0 N–H and O–H groups in total. The van der Waals surface area contributed by atoms with Crippen LogP contribution in [0.1, 0.15) is 20.8 Å². The fourth-order valence-corrected chi connectivity index (χ4v) is 2.08. The van der Waals surface area contributed by atoms with Crippen LogP contribution < -0.4 is 0 Å². The molecule has 2 heterocycles. The number of methoxy groups -OCH3 is 1. The number of Topliss-reactive ketones (excluding diaryl/α,β-unsaturated/α-hetero) is 1. The van der Waals surface area contributed by atoms with Crippen LogP contribution in [0.15, 0.2) is 0 Å². The Bertz CT molecular complexity index is 275. The summed E-state index contributed by atoms with van der Waals surface area (Å²) >= 11 is 0. The minimum Gasteiger partial charge on any atom is -0.353 e. The van der Waals surface area contributed by atoms with Crippen molar-refractivity contribution in [1.29, 1.82) is 0 Å². The fraction of sp³-hybridized carbons (Fsp3) is 0.900. The van der Waals surface area contributed by atoms with Gasteiger partial charge in [0.05, 0.1) is 0 Å². The van der Waals surface area contributed by atoms with Crippen molar-refractivity contribution in [3.63, 3.8) is 0 Å². The first-order chi connectivity index (χ1) is 6.94. The lowest BCUT2D eigenvalue weighted by Crippen LogP contribution is -2.34. The van der Waals surface area contributed by atoms with Gasteiger partial charge in [0.2, 0.25) is 0 Å². The van der Waals surface area contributed by atoms with Gasteiger partial charge in [0.1, 0.15) is 18.3 Å². The van der Waals surface area contributed by atoms with Crippen LogP contribution in [0.4, 0.5) is 0 Å². The highest BCUT2D eigenvalue weighted by Crippen LogP contribution is 2.38. The second-order valence-corrected chi connectivity index (χ2v) is 4.34. The second kappa shape index (κ2) is 3.52. The van der Waals surface area contributed by atoms with Gasteiger partial charge < -0.3 is 18.9 Å². The number of fused-ring (bicyclic) bond motifs is 1. The number of carbonyl (C=O) groups excluding carboxylic acids is 1. The van der Waals surface area contributed by atoms with Gasteiger partial charge in [-0.2, -0.15) is 0 Å². The highest BCUT2D eigenvalue weighted by atomic mass is 16.8. The van der Waals surface area contributed by atoms with E-state index >= 15 is 0 Å². The lowest BCUT2D eigenvalue weighted by Gasteiger charge is -2.22. The van der Waals surface area contributed by atoms with Gasteiger partial charge in [-0.15, -0.1) is 0 Å². The molecule has 5 heteroatoms. The first-order valence-corrected chi connectivity index (χ1v) is 4.99. The molecule has 2 aliphatic rings. The van der Waals surface area contributed by atoms with Crippen molar-refractivity contribution in [3.8, 4) is 0 Å². The molecule has 0 unspecified atom stereocenters. The van der Waals surface area contributed by atoms with Crippen molar-refractivity contribution in [3.05, 3.63) is 0 Å². The van der Waals surface area contributed by atoms with E-state index in [4.69, 9.17) is 18.9 Å². The molecule has 0 radical (unpaired) electrons. The molecule has 4 atom stereocenters. The minimum absolute atomic E-state index is 0.0640. The zero-order chi connectivity index (χ0) is 11.2. The van der Waals surface area contributed by atoms with Gasteiger partial charge in [-0.3, -0.25) is 4.79 Å². The van der Waals surface area contributed by atoms with Crippen LogP contribution in [0.2, 0.25) is 0 Å². The van der Waals surface area contributed by atoms with E-state index in [2.05, 4.69) is 0 Å². The second-order valence-electron chi connectivity index (χ2n) is 4.34. The summed E-state index contributed by atoms with van der Waals surface area (Å²) in [7, 11) is 1.53. The largest absolute Gasteiger partial charge is 0.353 e. The summed E-state index contributed by atoms with van der Waals surface area (Å²) in [6.45, 7) is 5.11. The Kier molecular flexibility index (Phi) is 2.58. The van der Waals surface area contributed by atoms with Crippen molar-refractivity contribution in [2.24, 2.45) is 0 Å². The van der Waals surface area contributed by atoms with Gasteiger partial charge in [-0.1, -0.05) is 0 Å². The molecule has 2 saturated heterocycles. The van der Waals surface area contributed by atoms with Gasteiger partial charge in [-0.05, 0) is 20.8 Å². The molecule has 0 aromatic heterocycles. The predicted molar refractivity (Wildman–Crippen MR) is 50.2 cm³/mol. The van der Waals surface area contributed by atoms with E-state index in [0.717, 1.165) is 0 Å². The summed E-state index contributed by atoms with van der Waals surface area (Å²) in [6, 6.07) is 0. The Morgan fingerprint density at radius 2 is 1.87 bits per heavy atom. The zero-order valence-electron chi connectivity index (χ0n) is 9.35. The normalized spacial score (nSPS) is 42.9. The molecule has 0 spiro atoms. The molecule has 86 valence electrons. The van der Waals surface area contributed by atoms with Crippen LogP contribution in [0, 0.1) is 0 Å². The number of hydrogen-bond acceptors (Lipinski definition) is 5. The Balaban J connectivity index is 2.19. The van der Waals surface area contributed by atoms with Gasteiger partial charge in [0.15, 0.2) is 17.9 Å². The van der Waals surface area contributed by atoms with Gasteiger partial charge >= 0.3 is 0 Å². The van der Waals surface area contributed by atoms with E-state index in [-0.39, 0.29) is 18.0 Å². The molecule has 0 bridgehead atoms. The molecule has 5 nitrogen and oxygen atoms in total. The van der Waals surface area contributed by atoms with Crippen LogP contribution in [0.25, 0.3) is 0 Å².